The maximum absolute atomic E-state index is 14.9. The number of carbonyl (C=O) groups is 13. The van der Waals surface area contributed by atoms with Crippen LogP contribution in [0.5, 0.6) is 0 Å². The number of carboxylic acid groups (broad SMARTS) is 2. The molecule has 0 aliphatic carbocycles. The number of aliphatic hydroxyl groups is 1. The fourth-order valence-electron chi connectivity index (χ4n) is 13.2. The summed E-state index contributed by atoms with van der Waals surface area (Å²) in [5, 5.41) is 43.2. The second-order valence-corrected chi connectivity index (χ2v) is 27.5. The van der Waals surface area contributed by atoms with Crippen molar-refractivity contribution < 1.29 is 91.9 Å². The molecule has 2 aromatic rings. The molecule has 0 radical (unpaired) electrons. The van der Waals surface area contributed by atoms with Gasteiger partial charge in [-0.3, -0.25) is 57.6 Å². The maximum Gasteiger partial charge on any atom is 0.410 e. The molecule has 29 nitrogen and oxygen atoms in total. The zero-order valence-electron chi connectivity index (χ0n) is 60.8. The van der Waals surface area contributed by atoms with Gasteiger partial charge in [0.2, 0.25) is 35.4 Å². The minimum Gasteiger partial charge on any atom is -0.481 e. The van der Waals surface area contributed by atoms with Crippen molar-refractivity contribution in [3.63, 3.8) is 0 Å². The van der Waals surface area contributed by atoms with Crippen LogP contribution in [0.3, 0.4) is 0 Å². The van der Waals surface area contributed by atoms with Gasteiger partial charge in [-0.25, -0.2) is 9.59 Å². The lowest BCUT2D eigenvalue weighted by Gasteiger charge is -2.41. The van der Waals surface area contributed by atoms with E-state index >= 15 is 0 Å². The van der Waals surface area contributed by atoms with E-state index in [4.69, 9.17) is 25.1 Å². The van der Waals surface area contributed by atoms with E-state index in [1.165, 1.54) is 38.3 Å². The molecule has 1 saturated heterocycles. The van der Waals surface area contributed by atoms with Crippen LogP contribution in [-0.2, 0) is 73.6 Å². The quantitative estimate of drug-likeness (QED) is 0.0300. The number of urea groups is 1. The normalized spacial score (nSPS) is 17.6. The highest BCUT2D eigenvalue weighted by Crippen LogP contribution is 2.32. The van der Waals surface area contributed by atoms with Crippen molar-refractivity contribution in [1.82, 2.24) is 40.9 Å². The van der Waals surface area contributed by atoms with Gasteiger partial charge >= 0.3 is 24.1 Å². The average molecular weight is 1420 g/mol. The number of aliphatic carboxylic acids is 2. The molecule has 101 heavy (non-hydrogen) atoms. The molecule has 0 bridgehead atoms. The Balaban J connectivity index is 1.43. The van der Waals surface area contributed by atoms with Gasteiger partial charge in [0.15, 0.2) is 5.78 Å². The van der Waals surface area contributed by atoms with Gasteiger partial charge in [0.05, 0.1) is 60.7 Å². The van der Waals surface area contributed by atoms with Crippen LogP contribution >= 0.6 is 0 Å². The lowest BCUT2D eigenvalue weighted by Crippen LogP contribution is -2.58. The smallest absolute Gasteiger partial charge is 0.410 e. The molecule has 2 aliphatic heterocycles. The monoisotopic (exact) mass is 1420 g/mol. The van der Waals surface area contributed by atoms with Gasteiger partial charge in [-0.15, -0.1) is 0 Å². The number of hydrogen-bond acceptors (Lipinski definition) is 17. The highest BCUT2D eigenvalue weighted by molar-refractivity contribution is 6.15. The lowest BCUT2D eigenvalue weighted by atomic mass is 9.83. The number of Topliss-reactive ketones (excluding diaryl/α,β-unsaturated/α-hetero) is 1. The number of nitrogens with one attached hydrogen (secondary N) is 5. The fourth-order valence-corrected chi connectivity index (χ4v) is 13.2. The zero-order chi connectivity index (χ0) is 75.7. The van der Waals surface area contributed by atoms with E-state index in [9.17, 15) is 72.5 Å². The molecule has 0 aromatic heterocycles. The summed E-state index contributed by atoms with van der Waals surface area (Å²) in [5.41, 5.74) is 6.62. The molecule has 0 unspecified atom stereocenters. The molecule has 0 spiro atoms. The number of ketones is 1. The van der Waals surface area contributed by atoms with Crippen LogP contribution < -0.4 is 32.3 Å². The summed E-state index contributed by atoms with van der Waals surface area (Å²) in [4.78, 5) is 179. The van der Waals surface area contributed by atoms with E-state index in [2.05, 4.69) is 26.6 Å². The van der Waals surface area contributed by atoms with Crippen molar-refractivity contribution in [3.05, 3.63) is 77.9 Å². The van der Waals surface area contributed by atoms with Gasteiger partial charge in [-0.05, 0) is 98.8 Å². The third-order valence-corrected chi connectivity index (χ3v) is 19.2. The van der Waals surface area contributed by atoms with Crippen molar-refractivity contribution >= 4 is 82.8 Å². The summed E-state index contributed by atoms with van der Waals surface area (Å²) in [6, 6.07) is 7.32. The Bertz CT molecular complexity index is 3180. The van der Waals surface area contributed by atoms with Gasteiger partial charge in [0.1, 0.15) is 24.7 Å². The molecule has 2 aromatic carbocycles. The number of primary amides is 1. The Morgan fingerprint density at radius 1 is 0.713 bits per heavy atom. The van der Waals surface area contributed by atoms with Crippen molar-refractivity contribution in [2.45, 2.75) is 207 Å². The van der Waals surface area contributed by atoms with Crippen molar-refractivity contribution in [2.24, 2.45) is 47.2 Å². The number of methoxy groups -OCH3 is 2. The number of benzene rings is 2. The number of likely N-dealkylation sites (N-methyl/N-ethyl adjacent to an activating group) is 2. The minimum atomic E-state index is -1.61. The Morgan fingerprint density at radius 3 is 1.89 bits per heavy atom. The first-order valence-electron chi connectivity index (χ1n) is 34.7. The van der Waals surface area contributed by atoms with E-state index in [0.29, 0.717) is 41.8 Å². The first kappa shape index (κ1) is 84.6. The third kappa shape index (κ3) is 24.5. The number of amides is 11. The highest BCUT2D eigenvalue weighted by atomic mass is 16.6. The molecule has 2 aliphatic rings. The highest BCUT2D eigenvalue weighted by Gasteiger charge is 2.45. The summed E-state index contributed by atoms with van der Waals surface area (Å²) >= 11 is 0. The average Bonchev–Trinajstić information content (AvgIpc) is 1.80. The number of hydrogen-bond donors (Lipinski definition) is 9. The first-order chi connectivity index (χ1) is 47.6. The van der Waals surface area contributed by atoms with Gasteiger partial charge in [-0.1, -0.05) is 111 Å². The molecule has 1 fully saturated rings. The molecule has 10 N–H and O–H groups in total. The molecule has 14 atom stereocenters. The molecule has 11 amide bonds. The standard InChI is InChI=1S/C72H108N10O19/c1-15-43(8)62(55(99-13)38-58(86)81-36-20-24-52(81)64(100-14)44(9)65(90)75-45(10)63(89)47-21-17-16-18-22-47)79(11)69(94)50(40(2)3)37-54(83)61(42(6)7)80(12)72(98)101-39-46-25-29-49(30-26-46)76-66(91)51(23-19-35-74-71(73)97)77-68(93)60(41(4)5)78-67(92)53(82-56(84)32-33-57(82)85)31-27-48(70(95)96)28-34-59(87)88/h16-18,21-22,25-26,29-30,32-33,40-45,48,50-53,55,60-64,89H,15,19-20,23-24,27-28,31,34-39H2,1-14H3,(H,75,90)(H,76,91)(H,77,93)(H,78,92)(H,87,88)(H,95,96)(H3,73,74,97)/t43-,44+,45-,48+,50-,51+,52-,53-,55+,60-,61-,62-,63-,64-/m0/s1. The van der Waals surface area contributed by atoms with Crippen LogP contribution in [0.1, 0.15) is 157 Å². The van der Waals surface area contributed by atoms with Gasteiger partial charge in [0, 0.05) is 78.0 Å². The second-order valence-electron chi connectivity index (χ2n) is 27.5. The Kier molecular flexibility index (Phi) is 34.0. The fraction of sp³-hybridized carbons (Fsp3) is 0.625. The number of rotatable bonds is 42. The van der Waals surface area contributed by atoms with Crippen LogP contribution in [0.4, 0.5) is 15.3 Å². The number of anilines is 1. The van der Waals surface area contributed by atoms with E-state index in [-0.39, 0.29) is 92.7 Å². The number of carboxylic acids is 2. The molecule has 0 saturated carbocycles. The number of imide groups is 1. The van der Waals surface area contributed by atoms with Crippen molar-refractivity contribution in [2.75, 3.05) is 46.7 Å². The van der Waals surface area contributed by atoms with Crippen LogP contribution in [0, 0.1) is 41.4 Å². The number of nitrogens with zero attached hydrogens (tertiary/aromatic N) is 4. The number of aliphatic hydroxyl groups excluding tert-OH is 1. The van der Waals surface area contributed by atoms with Crippen LogP contribution in [-0.4, -0.2) is 208 Å². The van der Waals surface area contributed by atoms with Gasteiger partial charge in [-0.2, -0.15) is 0 Å². The number of carbonyl (C=O) groups excluding carboxylic acids is 11. The van der Waals surface area contributed by atoms with E-state index < -0.39 is 157 Å². The van der Waals surface area contributed by atoms with Crippen LogP contribution in [0.25, 0.3) is 0 Å². The van der Waals surface area contributed by atoms with Gasteiger partial charge < -0.3 is 76.5 Å². The Morgan fingerprint density at radius 2 is 1.35 bits per heavy atom. The minimum absolute atomic E-state index is 0.0106. The predicted octanol–water partition coefficient (Wildman–Crippen LogP) is 5.32. The van der Waals surface area contributed by atoms with E-state index in [1.807, 2.05) is 45.9 Å². The van der Waals surface area contributed by atoms with E-state index in [0.717, 1.165) is 12.2 Å². The summed E-state index contributed by atoms with van der Waals surface area (Å²) in [7, 11) is 6.09. The maximum atomic E-state index is 14.9. The van der Waals surface area contributed by atoms with Gasteiger partial charge in [0.25, 0.3) is 11.8 Å². The van der Waals surface area contributed by atoms with Crippen molar-refractivity contribution in [1.29, 1.82) is 0 Å². The Hall–Kier alpha value is -8.83. The number of ether oxygens (including phenoxy) is 3. The summed E-state index contributed by atoms with van der Waals surface area (Å²) in [6.45, 7) is 17.9. The molecule has 2 heterocycles. The Labute approximate surface area is 592 Å². The van der Waals surface area contributed by atoms with Crippen LogP contribution in [0.2, 0.25) is 0 Å². The lowest BCUT2D eigenvalue weighted by molar-refractivity contribution is -0.149. The summed E-state index contributed by atoms with van der Waals surface area (Å²) in [6.07, 6.45) is -1.28. The summed E-state index contributed by atoms with van der Waals surface area (Å²) < 4.78 is 17.8. The SMILES string of the molecule is CC[C@H](C)[C@@H]([C@@H](CC(=O)N1CCC[C@H]1[C@@H](OC)[C@@H](C)C(=O)N[C@@H](C)[C@H](O)c1ccccc1)OC)N(C)C(=O)[C@@H](CC(=O)[C@H](C(C)C)N(C)C(=O)OCc1ccc(NC(=O)[C@@H](CCCNC(N)=O)NC(=O)[C@@H](NC(=O)[C@H](CC[C@H](CCC(=O)O)C(=O)O)N2C(=O)C=CC2=O)C(C)C)cc1)C(C)C. The zero-order valence-corrected chi connectivity index (χ0v) is 60.8. The topological polar surface area (TPSA) is 409 Å². The molecular formula is C72H108N10O19. The predicted molar refractivity (Wildman–Crippen MR) is 372 cm³/mol. The molecule has 560 valence electrons. The van der Waals surface area contributed by atoms with E-state index in [1.54, 1.807) is 82.7 Å². The number of likely N-dealkylation sites (tertiary alicyclic amines) is 1. The first-order valence-corrected chi connectivity index (χ1v) is 34.7. The van der Waals surface area contributed by atoms with Crippen molar-refractivity contribution in [3.8, 4) is 0 Å². The second kappa shape index (κ2) is 40.6. The molecule has 29 heteroatoms. The summed E-state index contributed by atoms with van der Waals surface area (Å²) in [5.74, 6) is -12.6. The molecule has 4 rings (SSSR count). The third-order valence-electron chi connectivity index (χ3n) is 19.2. The number of nitrogens with two attached hydrogens (primary N) is 1. The molecular weight excluding hydrogens is 1310 g/mol. The van der Waals surface area contributed by atoms with Crippen LogP contribution in [0.15, 0.2) is 66.7 Å². The largest absolute Gasteiger partial charge is 0.481 e.